The first-order chi connectivity index (χ1) is 15.6. The number of nitrogens with zero attached hydrogens (tertiary/aromatic N) is 4. The normalized spacial score (nSPS) is 21.1. The van der Waals surface area contributed by atoms with Crippen LogP contribution in [-0.4, -0.2) is 58.5 Å². The fourth-order valence-corrected chi connectivity index (χ4v) is 4.96. The van der Waals surface area contributed by atoms with E-state index in [0.29, 0.717) is 12.4 Å². The summed E-state index contributed by atoms with van der Waals surface area (Å²) >= 11 is 0. The van der Waals surface area contributed by atoms with Crippen LogP contribution in [-0.2, 0) is 16.1 Å². The van der Waals surface area contributed by atoms with Crippen LogP contribution in [0.5, 0.6) is 0 Å². The van der Waals surface area contributed by atoms with Crippen LogP contribution in [0, 0.1) is 5.92 Å². The molecule has 1 N–H and O–H groups in total. The first kappa shape index (κ1) is 21.1. The van der Waals surface area contributed by atoms with E-state index in [-0.39, 0.29) is 42.3 Å². The summed E-state index contributed by atoms with van der Waals surface area (Å²) in [5, 5.41) is 3.27. The van der Waals surface area contributed by atoms with Crippen molar-refractivity contribution in [1.82, 2.24) is 19.8 Å². The largest absolute Gasteiger partial charge is 0.352 e. The van der Waals surface area contributed by atoms with Crippen molar-refractivity contribution in [2.75, 3.05) is 31.1 Å². The number of hydrogen-bond acceptors (Lipinski definition) is 6. The van der Waals surface area contributed by atoms with Gasteiger partial charge in [-0.3, -0.25) is 19.3 Å². The lowest BCUT2D eigenvalue weighted by Gasteiger charge is -2.28. The maximum absolute atomic E-state index is 13.3. The number of amides is 2. The summed E-state index contributed by atoms with van der Waals surface area (Å²) < 4.78 is 1.67. The van der Waals surface area contributed by atoms with Crippen LogP contribution < -0.4 is 15.8 Å². The van der Waals surface area contributed by atoms with Gasteiger partial charge in [0.15, 0.2) is 5.82 Å². The van der Waals surface area contributed by atoms with Crippen molar-refractivity contribution in [3.63, 3.8) is 0 Å². The number of hydrogen-bond donors (Lipinski definition) is 1. The first-order valence-electron chi connectivity index (χ1n) is 11.9. The summed E-state index contributed by atoms with van der Waals surface area (Å²) in [5.74, 6) is 0.129. The number of para-hydroxylation sites is 2. The molecule has 0 bridgehead atoms. The van der Waals surface area contributed by atoms with E-state index >= 15 is 0 Å². The second kappa shape index (κ2) is 9.02. The number of carbonyl (C=O) groups excluding carboxylic acids is 2. The van der Waals surface area contributed by atoms with Crippen molar-refractivity contribution in [3.8, 4) is 0 Å². The molecular weight excluding hydrogens is 406 g/mol. The molecule has 2 aliphatic heterocycles. The number of rotatable bonds is 6. The quantitative estimate of drug-likeness (QED) is 0.743. The number of fused-ring (bicyclic) bond motifs is 1. The Morgan fingerprint density at radius 1 is 1.09 bits per heavy atom. The van der Waals surface area contributed by atoms with Crippen molar-refractivity contribution >= 4 is 28.7 Å². The highest BCUT2D eigenvalue weighted by molar-refractivity contribution is 5.97. The fourth-order valence-electron chi connectivity index (χ4n) is 4.96. The first-order valence-corrected chi connectivity index (χ1v) is 11.9. The monoisotopic (exact) mass is 437 g/mol. The average molecular weight is 438 g/mol. The summed E-state index contributed by atoms with van der Waals surface area (Å²) in [6, 6.07) is 7.60. The van der Waals surface area contributed by atoms with Crippen LogP contribution in [0.15, 0.2) is 29.1 Å². The summed E-state index contributed by atoms with van der Waals surface area (Å²) in [6.45, 7) is 3.49. The predicted molar refractivity (Wildman–Crippen MR) is 123 cm³/mol. The van der Waals surface area contributed by atoms with Gasteiger partial charge in [0.05, 0.1) is 17.0 Å². The number of aryl methyl sites for hydroxylation is 1. The van der Waals surface area contributed by atoms with Gasteiger partial charge in [-0.15, -0.1) is 0 Å². The fraction of sp³-hybridized carbons (Fsp3) is 0.583. The molecule has 3 fully saturated rings. The Labute approximate surface area is 187 Å². The lowest BCUT2D eigenvalue weighted by Crippen LogP contribution is -2.47. The van der Waals surface area contributed by atoms with Gasteiger partial charge >= 0.3 is 0 Å². The van der Waals surface area contributed by atoms with E-state index < -0.39 is 0 Å². The molecule has 1 aromatic heterocycles. The third kappa shape index (κ3) is 4.16. The number of nitrogens with one attached hydrogen (secondary N) is 1. The van der Waals surface area contributed by atoms with Gasteiger partial charge in [0.2, 0.25) is 11.8 Å². The molecule has 0 radical (unpaired) electrons. The third-order valence-corrected chi connectivity index (χ3v) is 6.85. The summed E-state index contributed by atoms with van der Waals surface area (Å²) in [6.07, 6.45) is 5.80. The molecule has 5 rings (SSSR count). The number of benzene rings is 1. The maximum atomic E-state index is 13.3. The topological polar surface area (TPSA) is 87.5 Å². The van der Waals surface area contributed by atoms with Crippen molar-refractivity contribution in [3.05, 3.63) is 34.6 Å². The van der Waals surface area contributed by atoms with Gasteiger partial charge in [-0.25, -0.2) is 4.98 Å². The number of imide groups is 1. The van der Waals surface area contributed by atoms with Crippen LogP contribution in [0.1, 0.15) is 44.9 Å². The van der Waals surface area contributed by atoms with E-state index in [2.05, 4.69) is 10.3 Å². The lowest BCUT2D eigenvalue weighted by molar-refractivity contribution is -0.148. The maximum Gasteiger partial charge on any atom is 0.294 e. The molecule has 2 saturated heterocycles. The smallest absolute Gasteiger partial charge is 0.294 e. The molecule has 1 saturated carbocycles. The van der Waals surface area contributed by atoms with E-state index in [1.54, 1.807) is 4.57 Å². The van der Waals surface area contributed by atoms with Crippen molar-refractivity contribution in [1.29, 1.82) is 0 Å². The van der Waals surface area contributed by atoms with Gasteiger partial charge in [0.25, 0.3) is 5.56 Å². The molecule has 0 spiro atoms. The predicted octanol–water partition coefficient (Wildman–Crippen LogP) is 1.90. The zero-order valence-electron chi connectivity index (χ0n) is 18.5. The second-order valence-electron chi connectivity index (χ2n) is 9.20. The average Bonchev–Trinajstić information content (AvgIpc) is 3.50. The van der Waals surface area contributed by atoms with Crippen LogP contribution in [0.4, 0.5) is 5.82 Å². The number of carbonyl (C=O) groups is 2. The Balaban J connectivity index is 1.39. The molecule has 2 amide bonds. The van der Waals surface area contributed by atoms with E-state index in [1.165, 1.54) is 4.90 Å². The summed E-state index contributed by atoms with van der Waals surface area (Å²) in [4.78, 5) is 47.9. The van der Waals surface area contributed by atoms with Crippen molar-refractivity contribution < 1.29 is 9.59 Å². The Bertz CT molecular complexity index is 1060. The molecule has 3 aliphatic rings. The molecular formula is C24H31N5O3. The van der Waals surface area contributed by atoms with E-state index in [9.17, 15) is 14.4 Å². The number of piperidine rings is 1. The molecule has 8 nitrogen and oxygen atoms in total. The molecule has 32 heavy (non-hydrogen) atoms. The van der Waals surface area contributed by atoms with Crippen LogP contribution in [0.3, 0.4) is 0 Å². The third-order valence-electron chi connectivity index (χ3n) is 6.85. The second-order valence-corrected chi connectivity index (χ2v) is 9.20. The Kier molecular flexibility index (Phi) is 5.95. The van der Waals surface area contributed by atoms with Crippen molar-refractivity contribution in [2.24, 2.45) is 5.92 Å². The molecule has 8 heteroatoms. The molecule has 1 unspecified atom stereocenters. The molecule has 2 aromatic rings. The lowest BCUT2D eigenvalue weighted by atomic mass is 9.98. The van der Waals surface area contributed by atoms with Crippen molar-refractivity contribution in [2.45, 2.75) is 57.5 Å². The zero-order valence-corrected chi connectivity index (χ0v) is 18.5. The minimum absolute atomic E-state index is 0.0305. The minimum atomic E-state index is -0.168. The molecule has 1 aliphatic carbocycles. The number of anilines is 1. The van der Waals surface area contributed by atoms with E-state index in [1.807, 2.05) is 29.2 Å². The molecule has 170 valence electrons. The van der Waals surface area contributed by atoms with E-state index in [4.69, 9.17) is 0 Å². The Hall–Kier alpha value is -2.74. The highest BCUT2D eigenvalue weighted by atomic mass is 16.2. The number of aromatic nitrogens is 2. The highest BCUT2D eigenvalue weighted by Crippen LogP contribution is 2.30. The van der Waals surface area contributed by atoms with Crippen LogP contribution >= 0.6 is 0 Å². The summed E-state index contributed by atoms with van der Waals surface area (Å²) in [5.41, 5.74) is 1.33. The highest BCUT2D eigenvalue weighted by Gasteiger charge is 2.39. The van der Waals surface area contributed by atoms with Gasteiger partial charge in [-0.1, -0.05) is 12.1 Å². The molecule has 3 heterocycles. The Morgan fingerprint density at radius 3 is 2.59 bits per heavy atom. The molecule has 1 aromatic carbocycles. The molecule has 1 atom stereocenters. The van der Waals surface area contributed by atoms with E-state index in [0.717, 1.165) is 69.2 Å². The van der Waals surface area contributed by atoms with Crippen LogP contribution in [0.2, 0.25) is 0 Å². The zero-order chi connectivity index (χ0) is 22.1. The van der Waals surface area contributed by atoms with Gasteiger partial charge < -0.3 is 14.8 Å². The SMILES string of the molecule is O=C(CCn1c(=O)c(N2CCCC2)nc2ccccc21)N(C(=O)C1CCCNC1)C1CC1. The van der Waals surface area contributed by atoms with Gasteiger partial charge in [-0.2, -0.15) is 0 Å². The van der Waals surface area contributed by atoms with Gasteiger partial charge in [0.1, 0.15) is 0 Å². The van der Waals surface area contributed by atoms with Gasteiger partial charge in [0, 0.05) is 38.6 Å². The summed E-state index contributed by atoms with van der Waals surface area (Å²) in [7, 11) is 0. The van der Waals surface area contributed by atoms with Gasteiger partial charge in [-0.05, 0) is 57.2 Å². The Morgan fingerprint density at radius 2 is 1.88 bits per heavy atom. The minimum Gasteiger partial charge on any atom is -0.352 e. The standard InChI is InChI=1S/C24H31N5O3/c30-21(29(18-9-10-18)23(31)17-6-5-12-25-16-17)11-15-28-20-8-2-1-7-19(20)26-22(24(28)32)27-13-3-4-14-27/h1-2,7-8,17-18,25H,3-6,9-16H2. The van der Waals surface area contributed by atoms with Crippen LogP contribution in [0.25, 0.3) is 11.0 Å².